The van der Waals surface area contributed by atoms with Crippen LogP contribution in [0.5, 0.6) is 0 Å². The topological polar surface area (TPSA) is 82.8 Å². The van der Waals surface area contributed by atoms with E-state index in [1.807, 2.05) is 11.8 Å². The Morgan fingerprint density at radius 3 is 2.31 bits per heavy atom. The molecule has 0 aliphatic carbocycles. The maximum atomic E-state index is 13.0. The van der Waals surface area contributed by atoms with Crippen molar-refractivity contribution in [3.05, 3.63) is 35.7 Å². The Hall–Kier alpha value is -2.02. The minimum Gasteiger partial charge on any atom is -0.337 e. The highest BCUT2D eigenvalue weighted by Gasteiger charge is 2.35. The number of hydrogen-bond acceptors (Lipinski definition) is 6. The summed E-state index contributed by atoms with van der Waals surface area (Å²) in [5, 5.41) is 3.85. The number of piperazine rings is 1. The summed E-state index contributed by atoms with van der Waals surface area (Å²) < 4.78 is 73.0. The molecule has 1 atom stereocenters. The number of benzene rings is 1. The Kier molecular flexibility index (Phi) is 6.57. The zero-order valence-electron chi connectivity index (χ0n) is 17.8. The van der Waals surface area contributed by atoms with Crippen LogP contribution in [0.3, 0.4) is 0 Å². The molecule has 4 rings (SSSR count). The Bertz CT molecular complexity index is 1030. The van der Waals surface area contributed by atoms with Gasteiger partial charge in [0.15, 0.2) is 0 Å². The van der Waals surface area contributed by atoms with Crippen molar-refractivity contribution in [3.63, 3.8) is 0 Å². The lowest BCUT2D eigenvalue weighted by Gasteiger charge is -2.39. The molecule has 2 aliphatic rings. The predicted molar refractivity (Wildman–Crippen MR) is 111 cm³/mol. The summed E-state index contributed by atoms with van der Waals surface area (Å²) in [6.07, 6.45) is -1.61. The third-order valence-corrected chi connectivity index (χ3v) is 8.07. The monoisotopic (exact) mass is 473 g/mol. The first-order valence-electron chi connectivity index (χ1n) is 10.7. The molecule has 0 bridgehead atoms. The summed E-state index contributed by atoms with van der Waals surface area (Å²) in [6.45, 7) is 4.71. The molecule has 176 valence electrons. The van der Waals surface area contributed by atoms with Crippen LogP contribution in [0.25, 0.3) is 11.4 Å². The molecule has 0 radical (unpaired) electrons. The molecule has 1 aromatic carbocycles. The second kappa shape index (κ2) is 9.08. The van der Waals surface area contributed by atoms with Crippen LogP contribution in [0.2, 0.25) is 0 Å². The second-order valence-electron chi connectivity index (χ2n) is 8.11. The van der Waals surface area contributed by atoms with Crippen molar-refractivity contribution in [2.45, 2.75) is 38.4 Å². The lowest BCUT2D eigenvalue weighted by molar-refractivity contribution is -0.137. The maximum Gasteiger partial charge on any atom is 0.416 e. The highest BCUT2D eigenvalue weighted by molar-refractivity contribution is 7.86. The van der Waals surface area contributed by atoms with E-state index < -0.39 is 21.9 Å². The largest absolute Gasteiger partial charge is 0.416 e. The first-order valence-corrected chi connectivity index (χ1v) is 12.1. The number of piperidine rings is 1. The number of halogens is 3. The Balaban J connectivity index is 1.40. The average Bonchev–Trinajstić information content (AvgIpc) is 3.29. The zero-order valence-corrected chi connectivity index (χ0v) is 18.6. The van der Waals surface area contributed by atoms with Crippen molar-refractivity contribution in [2.24, 2.45) is 0 Å². The third-order valence-electron chi connectivity index (χ3n) is 6.04. The maximum absolute atomic E-state index is 13.0. The van der Waals surface area contributed by atoms with Crippen LogP contribution in [-0.4, -0.2) is 71.3 Å². The van der Waals surface area contributed by atoms with Crippen molar-refractivity contribution in [2.75, 3.05) is 39.3 Å². The van der Waals surface area contributed by atoms with E-state index in [9.17, 15) is 21.6 Å². The van der Waals surface area contributed by atoms with Crippen molar-refractivity contribution in [3.8, 4) is 11.4 Å². The van der Waals surface area contributed by atoms with E-state index in [1.54, 1.807) is 4.31 Å². The molecule has 2 saturated heterocycles. The molecular formula is C20H26F3N5O3S. The molecule has 0 saturated carbocycles. The van der Waals surface area contributed by atoms with E-state index in [2.05, 4.69) is 10.1 Å². The number of rotatable bonds is 5. The van der Waals surface area contributed by atoms with Crippen LogP contribution in [-0.2, 0) is 16.4 Å². The summed E-state index contributed by atoms with van der Waals surface area (Å²) in [5.41, 5.74) is -0.556. The van der Waals surface area contributed by atoms with Crippen LogP contribution in [0.15, 0.2) is 28.8 Å². The van der Waals surface area contributed by atoms with Crippen LogP contribution < -0.4 is 0 Å². The van der Waals surface area contributed by atoms with Crippen molar-refractivity contribution in [1.29, 1.82) is 0 Å². The fourth-order valence-corrected chi connectivity index (χ4v) is 5.76. The molecule has 12 heteroatoms. The first kappa shape index (κ1) is 23.1. The first-order chi connectivity index (χ1) is 15.2. The van der Waals surface area contributed by atoms with Gasteiger partial charge in [-0.05, 0) is 31.9 Å². The Morgan fingerprint density at radius 1 is 1.00 bits per heavy atom. The number of alkyl halides is 3. The van der Waals surface area contributed by atoms with Gasteiger partial charge >= 0.3 is 6.18 Å². The van der Waals surface area contributed by atoms with Crippen LogP contribution in [0, 0.1) is 0 Å². The lowest BCUT2D eigenvalue weighted by atomic mass is 10.1. The summed E-state index contributed by atoms with van der Waals surface area (Å²) in [4.78, 5) is 6.33. The van der Waals surface area contributed by atoms with Crippen molar-refractivity contribution in [1.82, 2.24) is 23.7 Å². The molecule has 2 aromatic rings. The standard InChI is InChI=1S/C20H26F3N5O3S/c1-15(19-24-18(25-31-19)16-6-5-7-17(14-16)20(21,22)23)26-10-12-28(13-11-26)32(29,30)27-8-3-2-4-9-27/h5-7,14-15H,2-4,8-13H2,1H3. The lowest BCUT2D eigenvalue weighted by Crippen LogP contribution is -2.54. The molecule has 32 heavy (non-hydrogen) atoms. The molecule has 1 unspecified atom stereocenters. The van der Waals surface area contributed by atoms with Gasteiger partial charge in [-0.15, -0.1) is 0 Å². The van der Waals surface area contributed by atoms with E-state index >= 15 is 0 Å². The van der Waals surface area contributed by atoms with Crippen LogP contribution in [0.4, 0.5) is 13.2 Å². The average molecular weight is 474 g/mol. The highest BCUT2D eigenvalue weighted by atomic mass is 32.2. The molecular weight excluding hydrogens is 447 g/mol. The smallest absolute Gasteiger partial charge is 0.337 e. The second-order valence-corrected chi connectivity index (χ2v) is 10.0. The minimum atomic E-state index is -4.45. The van der Waals surface area contributed by atoms with Gasteiger partial charge in [-0.2, -0.15) is 35.2 Å². The molecule has 1 aromatic heterocycles. The third kappa shape index (κ3) is 4.82. The summed E-state index contributed by atoms with van der Waals surface area (Å²) in [5.74, 6) is 0.369. The van der Waals surface area contributed by atoms with Gasteiger partial charge in [-0.25, -0.2) is 0 Å². The van der Waals surface area contributed by atoms with Gasteiger partial charge in [0.1, 0.15) is 0 Å². The Morgan fingerprint density at radius 2 is 1.66 bits per heavy atom. The van der Waals surface area contributed by atoms with Crippen LogP contribution in [0.1, 0.15) is 43.7 Å². The van der Waals surface area contributed by atoms with E-state index in [1.165, 1.54) is 16.4 Å². The molecule has 2 fully saturated rings. The summed E-state index contributed by atoms with van der Waals surface area (Å²) in [7, 11) is -3.45. The van der Waals surface area contributed by atoms with Gasteiger partial charge < -0.3 is 4.52 Å². The highest BCUT2D eigenvalue weighted by Crippen LogP contribution is 2.32. The molecule has 0 spiro atoms. The van der Waals surface area contributed by atoms with E-state index in [-0.39, 0.29) is 23.3 Å². The van der Waals surface area contributed by atoms with Gasteiger partial charge in [0.25, 0.3) is 10.2 Å². The fraction of sp³-hybridized carbons (Fsp3) is 0.600. The molecule has 8 nitrogen and oxygen atoms in total. The summed E-state index contributed by atoms with van der Waals surface area (Å²) >= 11 is 0. The van der Waals surface area contributed by atoms with Crippen LogP contribution >= 0.6 is 0 Å². The van der Waals surface area contributed by atoms with Crippen molar-refractivity contribution < 1.29 is 26.1 Å². The van der Waals surface area contributed by atoms with Gasteiger partial charge in [-0.3, -0.25) is 4.90 Å². The molecule has 2 aliphatic heterocycles. The number of hydrogen-bond donors (Lipinski definition) is 0. The predicted octanol–water partition coefficient (Wildman–Crippen LogP) is 3.16. The SMILES string of the molecule is CC(c1nc(-c2cccc(C(F)(F)F)c2)no1)N1CCN(S(=O)(=O)N2CCCCC2)CC1. The van der Waals surface area contributed by atoms with E-state index in [0.717, 1.165) is 31.4 Å². The molecule has 0 N–H and O–H groups in total. The number of aromatic nitrogens is 2. The number of nitrogens with zero attached hydrogens (tertiary/aromatic N) is 5. The van der Waals surface area contributed by atoms with Crippen molar-refractivity contribution >= 4 is 10.2 Å². The zero-order chi connectivity index (χ0) is 22.9. The molecule has 0 amide bonds. The van der Waals surface area contributed by atoms with Gasteiger partial charge in [0, 0.05) is 44.8 Å². The minimum absolute atomic E-state index is 0.0873. The van der Waals surface area contributed by atoms with E-state index in [4.69, 9.17) is 4.52 Å². The summed E-state index contributed by atoms with van der Waals surface area (Å²) in [6, 6.07) is 4.49. The van der Waals surface area contributed by atoms with Gasteiger partial charge in [0.05, 0.1) is 11.6 Å². The van der Waals surface area contributed by atoms with E-state index in [0.29, 0.717) is 39.3 Å². The quantitative estimate of drug-likeness (QED) is 0.664. The van der Waals surface area contributed by atoms with Gasteiger partial charge in [-0.1, -0.05) is 23.7 Å². The Labute approximate surface area is 185 Å². The fourth-order valence-electron chi connectivity index (χ4n) is 4.09. The van der Waals surface area contributed by atoms with Gasteiger partial charge in [0.2, 0.25) is 11.7 Å². The normalized spacial score (nSPS) is 21.0. The molecule has 3 heterocycles.